The van der Waals surface area contributed by atoms with E-state index in [9.17, 15) is 0 Å². The van der Waals surface area contributed by atoms with Crippen LogP contribution in [0.5, 0.6) is 5.75 Å². The van der Waals surface area contributed by atoms with Crippen LogP contribution in [0.25, 0.3) is 11.5 Å². The molecule has 1 atom stereocenters. The summed E-state index contributed by atoms with van der Waals surface area (Å²) in [5.41, 5.74) is 3.21. The summed E-state index contributed by atoms with van der Waals surface area (Å²) in [5, 5.41) is 4.17. The highest BCUT2D eigenvalue weighted by Crippen LogP contribution is 2.33. The molecule has 0 N–H and O–H groups in total. The van der Waals surface area contributed by atoms with Crippen molar-refractivity contribution in [3.8, 4) is 17.3 Å². The van der Waals surface area contributed by atoms with Crippen molar-refractivity contribution in [3.63, 3.8) is 0 Å². The lowest BCUT2D eigenvalue weighted by molar-refractivity contribution is 0.146. The van der Waals surface area contributed by atoms with Crippen molar-refractivity contribution in [1.29, 1.82) is 0 Å². The lowest BCUT2D eigenvalue weighted by atomic mass is 10.1. The summed E-state index contributed by atoms with van der Waals surface area (Å²) in [4.78, 5) is 11.4. The maximum atomic E-state index is 5.65. The van der Waals surface area contributed by atoms with Crippen LogP contribution in [0.3, 0.4) is 0 Å². The Morgan fingerprint density at radius 3 is 2.86 bits per heavy atom. The summed E-state index contributed by atoms with van der Waals surface area (Å²) in [6.45, 7) is 5.02. The molecule has 7 nitrogen and oxygen atoms in total. The molecular weight excluding hydrogens is 368 g/mol. The number of benzene rings is 1. The van der Waals surface area contributed by atoms with Crippen molar-refractivity contribution in [2.45, 2.75) is 32.4 Å². The Balaban J connectivity index is 1.46. The van der Waals surface area contributed by atoms with Gasteiger partial charge in [0.2, 0.25) is 11.7 Å². The first-order valence-corrected chi connectivity index (χ1v) is 9.94. The third-order valence-corrected chi connectivity index (χ3v) is 5.11. The van der Waals surface area contributed by atoms with E-state index in [0.717, 1.165) is 25.9 Å². The van der Waals surface area contributed by atoms with E-state index in [1.807, 2.05) is 6.07 Å². The minimum absolute atomic E-state index is 0.138. The van der Waals surface area contributed by atoms with Crippen molar-refractivity contribution < 1.29 is 14.0 Å². The highest BCUT2D eigenvalue weighted by atomic mass is 16.5. The molecule has 3 heterocycles. The number of aromatic nitrogens is 3. The molecule has 0 saturated carbocycles. The normalized spacial score (nSPS) is 17.0. The minimum atomic E-state index is 0.138. The molecule has 3 aromatic rings. The second-order valence-corrected chi connectivity index (χ2v) is 7.29. The second-order valence-electron chi connectivity index (χ2n) is 7.29. The third-order valence-electron chi connectivity index (χ3n) is 5.11. The Hall–Kier alpha value is -2.77. The fourth-order valence-corrected chi connectivity index (χ4v) is 3.56. The monoisotopic (exact) mass is 394 g/mol. The summed E-state index contributed by atoms with van der Waals surface area (Å²) < 4.78 is 16.3. The molecule has 7 heteroatoms. The molecule has 2 aromatic heterocycles. The van der Waals surface area contributed by atoms with Crippen LogP contribution in [0.15, 0.2) is 47.1 Å². The molecule has 152 valence electrons. The zero-order chi connectivity index (χ0) is 20.1. The number of likely N-dealkylation sites (tertiary alicyclic amines) is 1. The Labute approximate surface area is 170 Å². The number of pyridine rings is 1. The lowest BCUT2D eigenvalue weighted by Crippen LogP contribution is -2.23. The number of rotatable bonds is 8. The quantitative estimate of drug-likeness (QED) is 0.538. The number of nitrogens with zero attached hydrogens (tertiary/aromatic N) is 4. The molecular formula is C22H26N4O3. The average molecular weight is 394 g/mol. The SMILES string of the molecule is COCCOc1ccnc(-c2noc(C3CCCN3Cc3ccc(C)cc3)n2)c1. The molecule has 0 bridgehead atoms. The summed E-state index contributed by atoms with van der Waals surface area (Å²) in [6.07, 6.45) is 3.82. The molecule has 1 saturated heterocycles. The summed E-state index contributed by atoms with van der Waals surface area (Å²) in [5.74, 6) is 1.84. The van der Waals surface area contributed by atoms with E-state index >= 15 is 0 Å². The molecule has 0 radical (unpaired) electrons. The van der Waals surface area contributed by atoms with Crippen LogP contribution in [0, 0.1) is 6.92 Å². The van der Waals surface area contributed by atoms with E-state index < -0.39 is 0 Å². The molecule has 1 fully saturated rings. The zero-order valence-electron chi connectivity index (χ0n) is 16.9. The fraction of sp³-hybridized carbons (Fsp3) is 0.409. The maximum Gasteiger partial charge on any atom is 0.244 e. The van der Waals surface area contributed by atoms with Gasteiger partial charge in [0, 0.05) is 25.9 Å². The van der Waals surface area contributed by atoms with Crippen molar-refractivity contribution in [3.05, 3.63) is 59.6 Å². The molecule has 1 aliphatic rings. The van der Waals surface area contributed by atoms with Crippen molar-refractivity contribution >= 4 is 0 Å². The van der Waals surface area contributed by atoms with E-state index in [-0.39, 0.29) is 6.04 Å². The van der Waals surface area contributed by atoms with Gasteiger partial charge >= 0.3 is 0 Å². The first kappa shape index (κ1) is 19.5. The van der Waals surface area contributed by atoms with E-state index in [1.54, 1.807) is 19.4 Å². The highest BCUT2D eigenvalue weighted by molar-refractivity contribution is 5.50. The number of hydrogen-bond acceptors (Lipinski definition) is 7. The van der Waals surface area contributed by atoms with Crippen molar-refractivity contribution in [2.24, 2.45) is 0 Å². The van der Waals surface area contributed by atoms with E-state index in [1.165, 1.54) is 11.1 Å². The number of aryl methyl sites for hydroxylation is 1. The fourth-order valence-electron chi connectivity index (χ4n) is 3.56. The largest absolute Gasteiger partial charge is 0.491 e. The van der Waals surface area contributed by atoms with Gasteiger partial charge in [-0.25, -0.2) is 0 Å². The molecule has 1 unspecified atom stereocenters. The minimum Gasteiger partial charge on any atom is -0.491 e. The second kappa shape index (κ2) is 9.15. The van der Waals surface area contributed by atoms with Gasteiger partial charge in [-0.05, 0) is 37.9 Å². The van der Waals surface area contributed by atoms with Gasteiger partial charge in [-0.3, -0.25) is 9.88 Å². The van der Waals surface area contributed by atoms with E-state index in [2.05, 4.69) is 51.2 Å². The van der Waals surface area contributed by atoms with Crippen LogP contribution in [-0.2, 0) is 11.3 Å². The van der Waals surface area contributed by atoms with Crippen LogP contribution >= 0.6 is 0 Å². The van der Waals surface area contributed by atoms with Crippen LogP contribution in [0.4, 0.5) is 0 Å². The summed E-state index contributed by atoms with van der Waals surface area (Å²) in [6, 6.07) is 12.4. The number of hydrogen-bond donors (Lipinski definition) is 0. The predicted octanol–water partition coefficient (Wildman–Crippen LogP) is 3.80. The Morgan fingerprint density at radius 1 is 1.17 bits per heavy atom. The molecule has 4 rings (SSSR count). The van der Waals surface area contributed by atoms with Gasteiger partial charge < -0.3 is 14.0 Å². The van der Waals surface area contributed by atoms with Gasteiger partial charge in [0.05, 0.1) is 12.6 Å². The van der Waals surface area contributed by atoms with Gasteiger partial charge in [0.25, 0.3) is 0 Å². The van der Waals surface area contributed by atoms with E-state index in [4.69, 9.17) is 14.0 Å². The maximum absolute atomic E-state index is 5.65. The summed E-state index contributed by atoms with van der Waals surface area (Å²) in [7, 11) is 1.65. The van der Waals surface area contributed by atoms with Gasteiger partial charge in [0.1, 0.15) is 18.1 Å². The lowest BCUT2D eigenvalue weighted by Gasteiger charge is -2.21. The molecule has 0 aliphatic carbocycles. The third kappa shape index (κ3) is 4.81. The average Bonchev–Trinajstić information content (AvgIpc) is 3.40. The molecule has 1 aliphatic heterocycles. The van der Waals surface area contributed by atoms with Gasteiger partial charge in [-0.1, -0.05) is 35.0 Å². The van der Waals surface area contributed by atoms with Crippen LogP contribution in [-0.4, -0.2) is 46.9 Å². The van der Waals surface area contributed by atoms with Gasteiger partial charge in [0.15, 0.2) is 0 Å². The predicted molar refractivity (Wildman–Crippen MR) is 108 cm³/mol. The van der Waals surface area contributed by atoms with Crippen LogP contribution in [0.1, 0.15) is 35.9 Å². The van der Waals surface area contributed by atoms with Gasteiger partial charge in [-0.15, -0.1) is 0 Å². The van der Waals surface area contributed by atoms with E-state index in [0.29, 0.717) is 36.4 Å². The number of ether oxygens (including phenoxy) is 2. The first-order valence-electron chi connectivity index (χ1n) is 9.94. The smallest absolute Gasteiger partial charge is 0.244 e. The van der Waals surface area contributed by atoms with Gasteiger partial charge in [-0.2, -0.15) is 4.98 Å². The topological polar surface area (TPSA) is 73.5 Å². The van der Waals surface area contributed by atoms with Crippen molar-refractivity contribution in [1.82, 2.24) is 20.0 Å². The van der Waals surface area contributed by atoms with Crippen molar-refractivity contribution in [2.75, 3.05) is 26.9 Å². The van der Waals surface area contributed by atoms with Crippen LogP contribution in [0.2, 0.25) is 0 Å². The Bertz CT molecular complexity index is 926. The molecule has 0 spiro atoms. The standard InChI is InChI=1S/C22H26N4O3/c1-16-5-7-17(8-6-16)15-26-11-3-4-20(26)22-24-21(25-29-22)19-14-18(9-10-23-19)28-13-12-27-2/h5-10,14,20H,3-4,11-13,15H2,1-2H3. The molecule has 0 amide bonds. The first-order chi connectivity index (χ1) is 14.2. The Kier molecular flexibility index (Phi) is 6.17. The Morgan fingerprint density at radius 2 is 2.03 bits per heavy atom. The van der Waals surface area contributed by atoms with Crippen LogP contribution < -0.4 is 4.74 Å². The summed E-state index contributed by atoms with van der Waals surface area (Å²) >= 11 is 0. The molecule has 29 heavy (non-hydrogen) atoms. The number of methoxy groups -OCH3 is 1. The zero-order valence-corrected chi connectivity index (χ0v) is 16.9. The molecule has 1 aromatic carbocycles. The highest BCUT2D eigenvalue weighted by Gasteiger charge is 2.31.